The first-order valence-corrected chi connectivity index (χ1v) is 16.4. The molecular weight excluding hydrogens is 546 g/mol. The molecule has 0 radical (unpaired) electrons. The number of piperidine rings is 1. The van der Waals surface area contributed by atoms with Gasteiger partial charge in [0.2, 0.25) is 0 Å². The van der Waals surface area contributed by atoms with Gasteiger partial charge in [-0.25, -0.2) is 0 Å². The van der Waals surface area contributed by atoms with E-state index >= 15 is 0 Å². The highest BCUT2D eigenvalue weighted by Gasteiger charge is 2.39. The molecule has 0 aromatic heterocycles. The molecule has 2 fully saturated rings. The summed E-state index contributed by atoms with van der Waals surface area (Å²) in [6.07, 6.45) is 8.36. The van der Waals surface area contributed by atoms with Crippen LogP contribution in [0.15, 0.2) is 16.1 Å². The molecular formula is C34H52N3O6+. The lowest BCUT2D eigenvalue weighted by atomic mass is 9.74. The number of esters is 1. The number of nitrogens with zero attached hydrogens (tertiary/aromatic N) is 1. The number of nitrogens with one attached hydrogen (secondary N) is 2. The molecule has 3 heterocycles. The van der Waals surface area contributed by atoms with Gasteiger partial charge in [0.25, 0.3) is 0 Å². The first kappa shape index (κ1) is 33.7. The van der Waals surface area contributed by atoms with E-state index in [1.165, 1.54) is 25.2 Å². The van der Waals surface area contributed by atoms with Crippen LogP contribution < -0.4 is 10.6 Å². The van der Waals surface area contributed by atoms with Crippen molar-refractivity contribution in [2.24, 2.45) is 28.7 Å². The number of carbonyl (C=O) groups is 2. The van der Waals surface area contributed by atoms with E-state index in [2.05, 4.69) is 34.4 Å². The van der Waals surface area contributed by atoms with Crippen molar-refractivity contribution in [1.29, 1.82) is 0 Å². The van der Waals surface area contributed by atoms with E-state index in [1.54, 1.807) is 0 Å². The maximum Gasteiger partial charge on any atom is 0.302 e. The number of methoxy groups -OCH3 is 1. The van der Waals surface area contributed by atoms with E-state index in [-0.39, 0.29) is 42.6 Å². The first-order chi connectivity index (χ1) is 20.7. The molecule has 0 aromatic carbocycles. The van der Waals surface area contributed by atoms with Crippen LogP contribution in [0, 0.1) is 42.1 Å². The van der Waals surface area contributed by atoms with E-state index < -0.39 is 24.4 Å². The summed E-state index contributed by atoms with van der Waals surface area (Å²) < 4.78 is 11.1. The zero-order chi connectivity index (χ0) is 30.8. The highest BCUT2D eigenvalue weighted by molar-refractivity contribution is 5.84. The number of allylic oxidation sites excluding steroid dienone is 1. The molecule has 1 saturated heterocycles. The van der Waals surface area contributed by atoms with Crippen LogP contribution >= 0.6 is 0 Å². The van der Waals surface area contributed by atoms with Crippen molar-refractivity contribution in [2.75, 3.05) is 20.2 Å². The minimum absolute atomic E-state index is 0.00477. The van der Waals surface area contributed by atoms with Crippen molar-refractivity contribution in [3.8, 4) is 11.8 Å². The van der Waals surface area contributed by atoms with Crippen LogP contribution in [0.2, 0.25) is 0 Å². The lowest BCUT2D eigenvalue weighted by Gasteiger charge is -2.38. The second-order valence-corrected chi connectivity index (χ2v) is 13.0. The van der Waals surface area contributed by atoms with Crippen LogP contribution in [-0.4, -0.2) is 79.0 Å². The predicted molar refractivity (Wildman–Crippen MR) is 166 cm³/mol. The molecule has 9 heteroatoms. The van der Waals surface area contributed by atoms with Crippen molar-refractivity contribution in [3.05, 3.63) is 17.7 Å². The molecule has 0 aromatic rings. The molecule has 4 aliphatic rings. The topological polar surface area (TPSA) is 129 Å². The number of aliphatic hydroxyl groups is 2. The Balaban J connectivity index is 1.54. The molecule has 9 atom stereocenters. The van der Waals surface area contributed by atoms with Gasteiger partial charge in [0.1, 0.15) is 30.1 Å². The summed E-state index contributed by atoms with van der Waals surface area (Å²) in [6.45, 7) is 7.08. The summed E-state index contributed by atoms with van der Waals surface area (Å²) >= 11 is 0. The van der Waals surface area contributed by atoms with E-state index in [4.69, 9.17) is 9.47 Å². The highest BCUT2D eigenvalue weighted by atomic mass is 16.5. The zero-order valence-electron chi connectivity index (χ0n) is 26.2. The van der Waals surface area contributed by atoms with Gasteiger partial charge in [-0.15, -0.1) is 4.99 Å². The Bertz CT molecular complexity index is 1060. The lowest BCUT2D eigenvalue weighted by molar-refractivity contribution is -0.148. The first-order valence-electron chi connectivity index (χ1n) is 16.4. The maximum absolute atomic E-state index is 13.5. The third-order valence-corrected chi connectivity index (χ3v) is 9.88. The van der Waals surface area contributed by atoms with Gasteiger partial charge in [-0.05, 0) is 69.2 Å². The summed E-state index contributed by atoms with van der Waals surface area (Å²) in [6, 6.07) is 0. The van der Waals surface area contributed by atoms with Crippen molar-refractivity contribution in [2.45, 2.75) is 121 Å². The smallest absolute Gasteiger partial charge is 0.302 e. The predicted octanol–water partition coefficient (Wildman–Crippen LogP) is 3.48. The van der Waals surface area contributed by atoms with E-state index in [0.717, 1.165) is 51.5 Å². The SMILES string of the molecule is CCC1CCC(OC(C)=O)CC(=O)CC(C2CC(O)C(O)C(OC)C2)C#CCNC2CC(CCN2)CCC2=C(C=N[CH+]2)C1. The summed E-state index contributed by atoms with van der Waals surface area (Å²) in [5.74, 6) is 6.88. The number of ketones is 1. The Morgan fingerprint density at radius 2 is 1.95 bits per heavy atom. The number of hydrogen-bond acceptors (Lipinski definition) is 9. The lowest BCUT2D eigenvalue weighted by Crippen LogP contribution is -2.48. The Morgan fingerprint density at radius 3 is 2.72 bits per heavy atom. The second kappa shape index (κ2) is 16.7. The molecule has 0 amide bonds. The van der Waals surface area contributed by atoms with E-state index in [0.29, 0.717) is 37.6 Å². The average Bonchev–Trinajstić information content (AvgIpc) is 3.43. The summed E-state index contributed by atoms with van der Waals surface area (Å²) in [4.78, 5) is 30.0. The van der Waals surface area contributed by atoms with Gasteiger partial charge in [0, 0.05) is 45.6 Å². The molecule has 1 aliphatic carbocycles. The van der Waals surface area contributed by atoms with Gasteiger partial charge in [-0.3, -0.25) is 14.9 Å². The second-order valence-electron chi connectivity index (χ2n) is 13.0. The quantitative estimate of drug-likeness (QED) is 0.220. The van der Waals surface area contributed by atoms with Crippen LogP contribution in [0.5, 0.6) is 0 Å². The molecule has 43 heavy (non-hydrogen) atoms. The Hall–Kier alpha value is -2.22. The van der Waals surface area contributed by atoms with Crippen molar-refractivity contribution >= 4 is 18.0 Å². The summed E-state index contributed by atoms with van der Waals surface area (Å²) in [7, 11) is 1.53. The number of aliphatic imine (C=N–C) groups is 1. The fraction of sp³-hybridized carbons (Fsp3) is 0.765. The highest BCUT2D eigenvalue weighted by Crippen LogP contribution is 2.35. The molecule has 9 unspecified atom stereocenters. The monoisotopic (exact) mass is 598 g/mol. The number of carbonyl (C=O) groups excluding carboxylic acids is 2. The number of fused-ring (bicyclic) bond motifs is 2. The van der Waals surface area contributed by atoms with E-state index in [1.807, 2.05) is 12.8 Å². The van der Waals surface area contributed by atoms with Gasteiger partial charge >= 0.3 is 5.97 Å². The molecule has 2 bridgehead atoms. The fourth-order valence-corrected chi connectivity index (χ4v) is 7.26. The number of rotatable bonds is 4. The molecule has 4 N–H and O–H groups in total. The molecule has 9 nitrogen and oxygen atoms in total. The Morgan fingerprint density at radius 1 is 1.12 bits per heavy atom. The standard InChI is InChI=1S/C34H52N3O6/c1-4-23-8-10-30(43-22(2)38)19-29(39)16-25(27-17-31(40)34(41)32(18-27)42-3)6-5-12-36-33-15-24(11-13-37-33)7-9-26-20-35-21-28(26)14-23/h20-21,23-25,27,30-34,36-37,40-41H,4,7-19H2,1-3H3/q+1. The van der Waals surface area contributed by atoms with Gasteiger partial charge in [-0.2, -0.15) is 0 Å². The van der Waals surface area contributed by atoms with Crippen LogP contribution in [0.3, 0.4) is 0 Å². The van der Waals surface area contributed by atoms with Gasteiger partial charge < -0.3 is 25.0 Å². The normalized spacial score (nSPS) is 36.6. The van der Waals surface area contributed by atoms with Crippen LogP contribution in [0.25, 0.3) is 0 Å². The molecule has 238 valence electrons. The summed E-state index contributed by atoms with van der Waals surface area (Å²) in [5, 5.41) is 28.1. The molecule has 3 aliphatic heterocycles. The molecule has 1 saturated carbocycles. The summed E-state index contributed by atoms with van der Waals surface area (Å²) in [5.41, 5.74) is 2.66. The minimum atomic E-state index is -0.954. The molecule has 4 rings (SSSR count). The Labute approximate surface area is 257 Å². The third kappa shape index (κ3) is 10.2. The zero-order valence-corrected chi connectivity index (χ0v) is 26.2. The number of aliphatic hydroxyl groups excluding tert-OH is 2. The average molecular weight is 599 g/mol. The van der Waals surface area contributed by atoms with Crippen molar-refractivity contribution in [1.82, 2.24) is 10.6 Å². The van der Waals surface area contributed by atoms with E-state index in [9.17, 15) is 19.8 Å². The van der Waals surface area contributed by atoms with Crippen LogP contribution in [0.1, 0.15) is 90.9 Å². The van der Waals surface area contributed by atoms with Gasteiger partial charge in [-0.1, -0.05) is 25.2 Å². The number of ether oxygens (including phenoxy) is 2. The number of hydrogen-bond donors (Lipinski definition) is 4. The largest absolute Gasteiger partial charge is 0.462 e. The van der Waals surface area contributed by atoms with Crippen molar-refractivity contribution in [3.63, 3.8) is 0 Å². The maximum atomic E-state index is 13.5. The third-order valence-electron chi connectivity index (χ3n) is 9.88. The van der Waals surface area contributed by atoms with Crippen LogP contribution in [0.4, 0.5) is 0 Å². The fourth-order valence-electron chi connectivity index (χ4n) is 7.26. The van der Waals surface area contributed by atoms with Gasteiger partial charge in [0.15, 0.2) is 6.21 Å². The molecule has 0 spiro atoms. The minimum Gasteiger partial charge on any atom is -0.462 e. The van der Waals surface area contributed by atoms with Gasteiger partial charge in [0.05, 0.1) is 30.5 Å². The van der Waals surface area contributed by atoms with Crippen molar-refractivity contribution < 1.29 is 29.3 Å². The number of Topliss-reactive ketones (excluding diaryl/α,β-unsaturated/α-hetero) is 1. The Kier molecular flexibility index (Phi) is 13.1. The van der Waals surface area contributed by atoms with Crippen LogP contribution in [-0.2, 0) is 19.1 Å².